The van der Waals surface area contributed by atoms with Gasteiger partial charge in [0.05, 0.1) is 13.2 Å². The second-order valence-corrected chi connectivity index (χ2v) is 5.71. The van der Waals surface area contributed by atoms with Gasteiger partial charge in [-0.05, 0) is 42.5 Å². The number of rotatable bonds is 4. The maximum atomic E-state index is 5.95. The Labute approximate surface area is 120 Å². The molecule has 1 aliphatic heterocycles. The lowest BCUT2D eigenvalue weighted by Gasteiger charge is -2.26. The Balaban J connectivity index is 1.74. The average molecular weight is 270 g/mol. The topological polar surface area (TPSA) is 40.2 Å². The van der Waals surface area contributed by atoms with Crippen molar-refractivity contribution < 1.29 is 4.74 Å². The van der Waals surface area contributed by atoms with Gasteiger partial charge in [0.25, 0.3) is 0 Å². The van der Waals surface area contributed by atoms with Crippen LogP contribution in [0.15, 0.2) is 42.7 Å². The van der Waals surface area contributed by atoms with Crippen molar-refractivity contribution in [2.75, 3.05) is 6.61 Å². The molecule has 3 rings (SSSR count). The van der Waals surface area contributed by atoms with Gasteiger partial charge in [0.2, 0.25) is 0 Å². The first-order chi connectivity index (χ1) is 9.72. The predicted octanol–water partition coefficient (Wildman–Crippen LogP) is 2.69. The van der Waals surface area contributed by atoms with Crippen LogP contribution in [0.4, 0.5) is 0 Å². The van der Waals surface area contributed by atoms with Crippen molar-refractivity contribution in [3.05, 3.63) is 59.4 Å². The highest BCUT2D eigenvalue weighted by Gasteiger charge is 2.20. The Bertz CT molecular complexity index is 574. The number of aromatic nitrogens is 1. The zero-order valence-electron chi connectivity index (χ0n) is 12.0. The molecule has 20 heavy (non-hydrogen) atoms. The molecule has 3 heteroatoms. The van der Waals surface area contributed by atoms with E-state index in [0.29, 0.717) is 0 Å². The molecule has 1 aromatic carbocycles. The summed E-state index contributed by atoms with van der Waals surface area (Å²) in [7, 11) is 0. The molecule has 1 aromatic heterocycles. The lowest BCUT2D eigenvalue weighted by Crippen LogP contribution is -2.20. The minimum Gasteiger partial charge on any atom is -0.371 e. The first-order valence-electron chi connectivity index (χ1n) is 7.32. The summed E-state index contributed by atoms with van der Waals surface area (Å²) in [5.41, 5.74) is 9.90. The van der Waals surface area contributed by atoms with E-state index in [1.807, 2.05) is 6.92 Å². The van der Waals surface area contributed by atoms with Gasteiger partial charge >= 0.3 is 0 Å². The molecule has 2 N–H and O–H groups in total. The monoisotopic (exact) mass is 270 g/mol. The number of benzene rings is 1. The van der Waals surface area contributed by atoms with E-state index in [-0.39, 0.29) is 12.1 Å². The second-order valence-electron chi connectivity index (χ2n) is 5.71. The number of hydrogen-bond acceptors (Lipinski definition) is 2. The summed E-state index contributed by atoms with van der Waals surface area (Å²) in [6, 6.07) is 11.0. The van der Waals surface area contributed by atoms with E-state index in [2.05, 4.69) is 47.3 Å². The summed E-state index contributed by atoms with van der Waals surface area (Å²) >= 11 is 0. The quantitative estimate of drug-likeness (QED) is 0.928. The number of nitrogens with two attached hydrogens (primary N) is 1. The van der Waals surface area contributed by atoms with Crippen molar-refractivity contribution >= 4 is 0 Å². The molecule has 3 nitrogen and oxygen atoms in total. The molecule has 0 spiro atoms. The molecule has 0 saturated heterocycles. The van der Waals surface area contributed by atoms with Crippen LogP contribution in [0.5, 0.6) is 0 Å². The average Bonchev–Trinajstić information content (AvgIpc) is 2.86. The van der Waals surface area contributed by atoms with E-state index >= 15 is 0 Å². The maximum Gasteiger partial charge on any atom is 0.101 e. The third-order valence-corrected chi connectivity index (χ3v) is 3.84. The van der Waals surface area contributed by atoms with Crippen molar-refractivity contribution in [3.8, 4) is 0 Å². The normalized spacial score (nSPS) is 19.6. The minimum atomic E-state index is 0.162. The number of fused-ring (bicyclic) bond motifs is 1. The lowest BCUT2D eigenvalue weighted by atomic mass is 9.97. The fraction of sp³-hybridized carbons (Fsp3) is 0.412. The molecule has 0 saturated carbocycles. The maximum absolute atomic E-state index is 5.95. The van der Waals surface area contributed by atoms with Gasteiger partial charge in [0.1, 0.15) is 6.10 Å². The first kappa shape index (κ1) is 13.4. The molecule has 2 unspecified atom stereocenters. The Morgan fingerprint density at radius 2 is 2.20 bits per heavy atom. The molecular weight excluding hydrogens is 248 g/mol. The summed E-state index contributed by atoms with van der Waals surface area (Å²) in [6.45, 7) is 3.73. The number of ether oxygens (including phenoxy) is 1. The molecule has 2 heterocycles. The summed E-state index contributed by atoms with van der Waals surface area (Å²) in [5.74, 6) is 0. The number of hydrogen-bond donors (Lipinski definition) is 1. The summed E-state index contributed by atoms with van der Waals surface area (Å²) in [6.07, 6.45) is 6.42. The summed E-state index contributed by atoms with van der Waals surface area (Å²) in [5, 5.41) is 0. The molecule has 106 valence electrons. The van der Waals surface area contributed by atoms with Crippen LogP contribution in [0.1, 0.15) is 29.7 Å². The van der Waals surface area contributed by atoms with E-state index in [4.69, 9.17) is 10.5 Å². The second kappa shape index (κ2) is 5.81. The van der Waals surface area contributed by atoms with Crippen molar-refractivity contribution in [3.63, 3.8) is 0 Å². The molecular formula is C17H22N2O. The largest absolute Gasteiger partial charge is 0.371 e. The van der Waals surface area contributed by atoms with Crippen LogP contribution in [0.25, 0.3) is 0 Å². The molecule has 2 aromatic rings. The van der Waals surface area contributed by atoms with Crippen LogP contribution < -0.4 is 5.73 Å². The minimum absolute atomic E-state index is 0.162. The molecule has 1 aliphatic rings. The Morgan fingerprint density at radius 3 is 3.05 bits per heavy atom. The van der Waals surface area contributed by atoms with E-state index in [9.17, 15) is 0 Å². The standard InChI is InChI=1S/C17H22N2O/c1-13(18)10-14-6-8-19(11-14)12-17-16-5-3-2-4-15(16)7-9-20-17/h2-6,8,11,13,17H,7,9-10,12,18H2,1H3. The van der Waals surface area contributed by atoms with Crippen molar-refractivity contribution in [2.45, 2.75) is 38.5 Å². The van der Waals surface area contributed by atoms with Crippen LogP contribution in [0.3, 0.4) is 0 Å². The Kier molecular flexibility index (Phi) is 3.90. The molecule has 0 aliphatic carbocycles. The van der Waals surface area contributed by atoms with Gasteiger partial charge < -0.3 is 15.0 Å². The van der Waals surface area contributed by atoms with Crippen LogP contribution >= 0.6 is 0 Å². The SMILES string of the molecule is CC(N)Cc1ccn(CC2OCCc3ccccc32)c1. The summed E-state index contributed by atoms with van der Waals surface area (Å²) < 4.78 is 8.17. The Morgan fingerprint density at radius 1 is 1.35 bits per heavy atom. The fourth-order valence-electron chi connectivity index (χ4n) is 2.92. The van der Waals surface area contributed by atoms with Crippen molar-refractivity contribution in [1.29, 1.82) is 0 Å². The zero-order chi connectivity index (χ0) is 13.9. The molecule has 0 fully saturated rings. The third kappa shape index (κ3) is 2.94. The van der Waals surface area contributed by atoms with Gasteiger partial charge in [-0.15, -0.1) is 0 Å². The lowest BCUT2D eigenvalue weighted by molar-refractivity contribution is 0.0307. The van der Waals surface area contributed by atoms with Gasteiger partial charge in [-0.3, -0.25) is 0 Å². The number of nitrogens with zero attached hydrogens (tertiary/aromatic N) is 1. The third-order valence-electron chi connectivity index (χ3n) is 3.84. The molecule has 0 radical (unpaired) electrons. The van der Waals surface area contributed by atoms with Gasteiger partial charge in [-0.2, -0.15) is 0 Å². The van der Waals surface area contributed by atoms with Crippen molar-refractivity contribution in [1.82, 2.24) is 4.57 Å². The van der Waals surface area contributed by atoms with E-state index in [1.54, 1.807) is 0 Å². The fourth-order valence-corrected chi connectivity index (χ4v) is 2.92. The van der Waals surface area contributed by atoms with E-state index < -0.39 is 0 Å². The van der Waals surface area contributed by atoms with Gasteiger partial charge in [0.15, 0.2) is 0 Å². The smallest absolute Gasteiger partial charge is 0.101 e. The van der Waals surface area contributed by atoms with Crippen LogP contribution in [-0.2, 0) is 24.1 Å². The predicted molar refractivity (Wildman–Crippen MR) is 80.6 cm³/mol. The zero-order valence-corrected chi connectivity index (χ0v) is 12.0. The first-order valence-corrected chi connectivity index (χ1v) is 7.32. The van der Waals surface area contributed by atoms with E-state index in [0.717, 1.165) is 26.0 Å². The van der Waals surface area contributed by atoms with Gasteiger partial charge in [-0.25, -0.2) is 0 Å². The van der Waals surface area contributed by atoms with Crippen molar-refractivity contribution in [2.24, 2.45) is 5.73 Å². The van der Waals surface area contributed by atoms with Crippen LogP contribution in [0, 0.1) is 0 Å². The van der Waals surface area contributed by atoms with Crippen LogP contribution in [0.2, 0.25) is 0 Å². The van der Waals surface area contributed by atoms with Crippen LogP contribution in [-0.4, -0.2) is 17.2 Å². The highest BCUT2D eigenvalue weighted by atomic mass is 16.5. The molecule has 0 bridgehead atoms. The molecule has 2 atom stereocenters. The highest BCUT2D eigenvalue weighted by molar-refractivity contribution is 5.31. The highest BCUT2D eigenvalue weighted by Crippen LogP contribution is 2.28. The van der Waals surface area contributed by atoms with Gasteiger partial charge in [0, 0.05) is 18.4 Å². The molecule has 0 amide bonds. The van der Waals surface area contributed by atoms with E-state index in [1.165, 1.54) is 16.7 Å². The van der Waals surface area contributed by atoms with Gasteiger partial charge in [-0.1, -0.05) is 24.3 Å². The Hall–Kier alpha value is -1.58. The summed E-state index contributed by atoms with van der Waals surface area (Å²) in [4.78, 5) is 0.